The molecular weight excluding hydrogens is 326 g/mol. The van der Waals surface area contributed by atoms with Crippen molar-refractivity contribution in [2.45, 2.75) is 31.8 Å². The Balaban J connectivity index is 1.43. The minimum Gasteiger partial charge on any atom is -0.474 e. The number of halogens is 1. The number of amides is 1. The van der Waals surface area contributed by atoms with Gasteiger partial charge in [-0.2, -0.15) is 0 Å². The number of nitrogens with zero attached hydrogens (tertiary/aromatic N) is 3. The summed E-state index contributed by atoms with van der Waals surface area (Å²) in [5.74, 6) is 0.784. The van der Waals surface area contributed by atoms with Crippen LogP contribution in [0.2, 0.25) is 5.02 Å². The number of rotatable bonds is 5. The van der Waals surface area contributed by atoms with Crippen LogP contribution in [0, 0.1) is 0 Å². The van der Waals surface area contributed by atoms with Crippen LogP contribution < -0.4 is 4.74 Å². The van der Waals surface area contributed by atoms with Gasteiger partial charge in [0.1, 0.15) is 12.4 Å². The highest BCUT2D eigenvalue weighted by Gasteiger charge is 2.23. The summed E-state index contributed by atoms with van der Waals surface area (Å²) in [7, 11) is 0. The number of aryl methyl sites for hydroxylation is 1. The summed E-state index contributed by atoms with van der Waals surface area (Å²) in [6.45, 7) is 1.45. The summed E-state index contributed by atoms with van der Waals surface area (Å²) in [5, 5.41) is 0.711. The van der Waals surface area contributed by atoms with Gasteiger partial charge in [-0.3, -0.25) is 4.79 Å². The molecule has 1 aromatic carbocycles. The lowest BCUT2D eigenvalue weighted by molar-refractivity contribution is -0.132. The van der Waals surface area contributed by atoms with Gasteiger partial charge >= 0.3 is 0 Å². The molecule has 126 valence electrons. The molecule has 3 rings (SSSR count). The molecule has 5 nitrogen and oxygen atoms in total. The molecule has 1 fully saturated rings. The minimum absolute atomic E-state index is 0.108. The molecule has 0 N–H and O–H groups in total. The topological polar surface area (TPSA) is 55.3 Å². The van der Waals surface area contributed by atoms with E-state index in [-0.39, 0.29) is 12.0 Å². The van der Waals surface area contributed by atoms with Gasteiger partial charge in [0.25, 0.3) is 0 Å². The van der Waals surface area contributed by atoms with E-state index in [4.69, 9.17) is 16.3 Å². The van der Waals surface area contributed by atoms with Crippen molar-refractivity contribution < 1.29 is 9.53 Å². The zero-order chi connectivity index (χ0) is 16.8. The number of piperidine rings is 1. The Bertz CT molecular complexity index is 673. The Kier molecular flexibility index (Phi) is 5.64. The minimum atomic E-state index is 0.108. The van der Waals surface area contributed by atoms with Crippen LogP contribution in [0.25, 0.3) is 0 Å². The van der Waals surface area contributed by atoms with Crippen molar-refractivity contribution in [3.05, 3.63) is 53.4 Å². The molecule has 6 heteroatoms. The number of carbonyl (C=O) groups is 1. The summed E-state index contributed by atoms with van der Waals surface area (Å²) in [5.41, 5.74) is 1.10. The fraction of sp³-hybridized carbons (Fsp3) is 0.389. The maximum Gasteiger partial charge on any atom is 0.222 e. The van der Waals surface area contributed by atoms with E-state index in [2.05, 4.69) is 9.97 Å². The van der Waals surface area contributed by atoms with E-state index >= 15 is 0 Å². The van der Waals surface area contributed by atoms with Gasteiger partial charge in [-0.15, -0.1) is 0 Å². The Morgan fingerprint density at radius 1 is 1.29 bits per heavy atom. The molecule has 0 bridgehead atoms. The molecule has 0 unspecified atom stereocenters. The number of aromatic nitrogens is 2. The second-order valence-electron chi connectivity index (χ2n) is 5.88. The van der Waals surface area contributed by atoms with Crippen LogP contribution in [0.15, 0.2) is 42.9 Å². The Morgan fingerprint density at radius 2 is 2.12 bits per heavy atom. The monoisotopic (exact) mass is 345 g/mol. The molecule has 24 heavy (non-hydrogen) atoms. The molecule has 1 aliphatic heterocycles. The first-order valence-electron chi connectivity index (χ1n) is 8.15. The van der Waals surface area contributed by atoms with E-state index < -0.39 is 0 Å². The van der Waals surface area contributed by atoms with Crippen LogP contribution in [-0.2, 0) is 11.2 Å². The molecule has 1 aromatic heterocycles. The third-order valence-electron chi connectivity index (χ3n) is 4.15. The first-order valence-corrected chi connectivity index (χ1v) is 8.53. The molecule has 0 saturated carbocycles. The maximum absolute atomic E-state index is 12.4. The van der Waals surface area contributed by atoms with Gasteiger partial charge in [0, 0.05) is 49.6 Å². The van der Waals surface area contributed by atoms with Gasteiger partial charge in [0.05, 0.1) is 0 Å². The lowest BCUT2D eigenvalue weighted by atomic mass is 10.1. The third kappa shape index (κ3) is 4.68. The van der Waals surface area contributed by atoms with Crippen molar-refractivity contribution in [1.29, 1.82) is 0 Å². The van der Waals surface area contributed by atoms with Crippen molar-refractivity contribution in [1.82, 2.24) is 14.9 Å². The average Bonchev–Trinajstić information content (AvgIpc) is 2.61. The van der Waals surface area contributed by atoms with E-state index in [1.54, 1.807) is 12.3 Å². The second-order valence-corrected chi connectivity index (χ2v) is 6.31. The van der Waals surface area contributed by atoms with Gasteiger partial charge in [-0.1, -0.05) is 23.7 Å². The van der Waals surface area contributed by atoms with Gasteiger partial charge in [0.15, 0.2) is 0 Å². The molecule has 2 heterocycles. The van der Waals surface area contributed by atoms with Crippen LogP contribution in [-0.4, -0.2) is 40.0 Å². The van der Waals surface area contributed by atoms with E-state index in [0.717, 1.165) is 37.9 Å². The second kappa shape index (κ2) is 8.11. The number of ether oxygens (including phenoxy) is 1. The Labute approximate surface area is 146 Å². The van der Waals surface area contributed by atoms with Crippen molar-refractivity contribution in [3.63, 3.8) is 0 Å². The number of hydrogen-bond acceptors (Lipinski definition) is 4. The maximum atomic E-state index is 12.4. The molecule has 1 saturated heterocycles. The third-order valence-corrected chi connectivity index (χ3v) is 4.39. The normalized spacial score (nSPS) is 15.3. The molecule has 2 aromatic rings. The lowest BCUT2D eigenvalue weighted by Crippen LogP contribution is -2.41. The quantitative estimate of drug-likeness (QED) is 0.835. The molecule has 1 aliphatic rings. The average molecular weight is 346 g/mol. The van der Waals surface area contributed by atoms with Crippen molar-refractivity contribution in [2.24, 2.45) is 0 Å². The molecule has 0 aliphatic carbocycles. The van der Waals surface area contributed by atoms with Crippen LogP contribution in [0.5, 0.6) is 5.88 Å². The van der Waals surface area contributed by atoms with Crippen molar-refractivity contribution in [3.8, 4) is 5.88 Å². The highest BCUT2D eigenvalue weighted by molar-refractivity contribution is 6.30. The van der Waals surface area contributed by atoms with Gasteiger partial charge in [0.2, 0.25) is 11.8 Å². The Hall–Kier alpha value is -2.14. The highest BCUT2D eigenvalue weighted by Crippen LogP contribution is 2.18. The van der Waals surface area contributed by atoms with Crippen LogP contribution in [0.1, 0.15) is 24.8 Å². The van der Waals surface area contributed by atoms with Crippen molar-refractivity contribution >= 4 is 17.5 Å². The molecule has 1 amide bonds. The number of carbonyl (C=O) groups excluding carboxylic acids is 1. The molecular formula is C18H20ClN3O2. The molecule has 0 radical (unpaired) electrons. The summed E-state index contributed by atoms with van der Waals surface area (Å²) < 4.78 is 5.82. The van der Waals surface area contributed by atoms with Gasteiger partial charge < -0.3 is 9.64 Å². The predicted octanol–water partition coefficient (Wildman–Crippen LogP) is 3.13. The Morgan fingerprint density at radius 3 is 2.83 bits per heavy atom. The summed E-state index contributed by atoms with van der Waals surface area (Å²) in [6, 6.07) is 9.42. The molecule has 0 spiro atoms. The molecule has 0 atom stereocenters. The summed E-state index contributed by atoms with van der Waals surface area (Å²) in [6.07, 6.45) is 6.13. The first kappa shape index (κ1) is 16.7. The number of likely N-dealkylation sites (tertiary alicyclic amines) is 1. The van der Waals surface area contributed by atoms with E-state index in [1.807, 2.05) is 29.2 Å². The summed E-state index contributed by atoms with van der Waals surface area (Å²) >= 11 is 5.97. The standard InChI is InChI=1S/C18H20ClN3O2/c19-15-3-1-2-14(12-15)4-5-18(23)22-10-7-16(8-11-22)24-17-6-9-20-13-21-17/h1-3,6,9,12-13,16H,4-5,7-8,10-11H2. The van der Waals surface area contributed by atoms with Gasteiger partial charge in [-0.05, 0) is 24.1 Å². The van der Waals surface area contributed by atoms with Crippen LogP contribution in [0.4, 0.5) is 0 Å². The smallest absolute Gasteiger partial charge is 0.222 e. The zero-order valence-electron chi connectivity index (χ0n) is 13.4. The summed E-state index contributed by atoms with van der Waals surface area (Å²) in [4.78, 5) is 22.2. The first-order chi connectivity index (χ1) is 11.7. The lowest BCUT2D eigenvalue weighted by Gasteiger charge is -2.32. The number of benzene rings is 1. The van der Waals surface area contributed by atoms with E-state index in [1.165, 1.54) is 6.33 Å². The van der Waals surface area contributed by atoms with Crippen molar-refractivity contribution in [2.75, 3.05) is 13.1 Å². The number of hydrogen-bond donors (Lipinski definition) is 0. The predicted molar refractivity (Wildman–Crippen MR) is 92.0 cm³/mol. The van der Waals surface area contributed by atoms with Gasteiger partial charge in [-0.25, -0.2) is 9.97 Å². The van der Waals surface area contributed by atoms with E-state index in [0.29, 0.717) is 17.3 Å². The highest BCUT2D eigenvalue weighted by atomic mass is 35.5. The van der Waals surface area contributed by atoms with E-state index in [9.17, 15) is 4.79 Å². The zero-order valence-corrected chi connectivity index (χ0v) is 14.2. The fourth-order valence-corrected chi connectivity index (χ4v) is 3.06. The SMILES string of the molecule is O=C(CCc1cccc(Cl)c1)N1CCC(Oc2ccncn2)CC1. The largest absolute Gasteiger partial charge is 0.474 e. The van der Waals surface area contributed by atoms with Crippen LogP contribution in [0.3, 0.4) is 0 Å². The van der Waals surface area contributed by atoms with Crippen LogP contribution >= 0.6 is 11.6 Å². The fourth-order valence-electron chi connectivity index (χ4n) is 2.84.